The van der Waals surface area contributed by atoms with Crippen molar-refractivity contribution in [2.75, 3.05) is 13.7 Å². The summed E-state index contributed by atoms with van der Waals surface area (Å²) in [6, 6.07) is -0.668. The van der Waals surface area contributed by atoms with E-state index in [9.17, 15) is 19.5 Å². The summed E-state index contributed by atoms with van der Waals surface area (Å²) in [7, 11) is 6.09. The van der Waals surface area contributed by atoms with Gasteiger partial charge in [0.25, 0.3) is 0 Å². The number of carbonyl (C=O) groups is 3. The number of unbranched alkanes of at least 4 members (excludes halogenated alkanes) is 4. The monoisotopic (exact) mass is 432 g/mol. The first-order valence-electron chi connectivity index (χ1n) is 9.78. The van der Waals surface area contributed by atoms with Gasteiger partial charge >= 0.3 is 5.97 Å². The second-order valence-corrected chi connectivity index (χ2v) is 7.26. The summed E-state index contributed by atoms with van der Waals surface area (Å²) in [5, 5.41) is 9.63. The van der Waals surface area contributed by atoms with E-state index in [0.717, 1.165) is 38.5 Å². The van der Waals surface area contributed by atoms with E-state index in [4.69, 9.17) is 10.5 Å². The summed E-state index contributed by atoms with van der Waals surface area (Å²) in [6.45, 7) is 0.199. The number of nitrogens with zero attached hydrogens (tertiary/aromatic N) is 1. The number of hydrogen-bond acceptors (Lipinski definition) is 5. The topological polar surface area (TPSA) is 110 Å². The van der Waals surface area contributed by atoms with Gasteiger partial charge in [-0.05, 0) is 31.6 Å². The number of primary amides is 1. The molecule has 1 saturated carbocycles. The van der Waals surface area contributed by atoms with Gasteiger partial charge in [0.15, 0.2) is 0 Å². The van der Waals surface area contributed by atoms with Crippen LogP contribution >= 0.6 is 17.9 Å². The lowest BCUT2D eigenvalue weighted by molar-refractivity contribution is -0.142. The standard InChI is InChI=1S/C19H30N2O5.H4P2/c1-26-19(25)15-10-13(15)8-6-4-2-3-5-7-9-17(23)21-12-14(22)11-16(21)18(20)24;1-2/h6,8,13-16,22H,2-5,7,9-12H2,1H3,(H2,20,24);1-2H2/b8-6-;. The highest BCUT2D eigenvalue weighted by molar-refractivity contribution is 7.92. The van der Waals surface area contributed by atoms with E-state index in [-0.39, 0.29) is 30.8 Å². The van der Waals surface area contributed by atoms with Crippen LogP contribution in [-0.2, 0) is 19.1 Å². The number of allylic oxidation sites excluding steroid dienone is 2. The van der Waals surface area contributed by atoms with E-state index >= 15 is 0 Å². The SMILES string of the molecule is COC(=O)C1CC1/C=C\CCCCCCC(=O)N1CC(O)CC1C(N)=O.PP. The fourth-order valence-electron chi connectivity index (χ4n) is 3.52. The summed E-state index contributed by atoms with van der Waals surface area (Å²) >= 11 is 0. The van der Waals surface area contributed by atoms with E-state index in [1.165, 1.54) is 12.0 Å². The Labute approximate surface area is 172 Å². The molecule has 7 nitrogen and oxygen atoms in total. The van der Waals surface area contributed by atoms with Crippen molar-refractivity contribution in [1.82, 2.24) is 4.90 Å². The molecule has 2 fully saturated rings. The van der Waals surface area contributed by atoms with E-state index < -0.39 is 18.1 Å². The van der Waals surface area contributed by atoms with Gasteiger partial charge in [-0.3, -0.25) is 14.4 Å². The van der Waals surface area contributed by atoms with Gasteiger partial charge in [0.2, 0.25) is 11.8 Å². The predicted molar refractivity (Wildman–Crippen MR) is 115 cm³/mol. The Bertz CT molecular complexity index is 558. The lowest BCUT2D eigenvalue weighted by atomic mass is 10.1. The van der Waals surface area contributed by atoms with Gasteiger partial charge in [-0.1, -0.05) is 25.0 Å². The van der Waals surface area contributed by atoms with Crippen molar-refractivity contribution in [2.24, 2.45) is 17.6 Å². The number of amides is 2. The molecule has 1 saturated heterocycles. The molecule has 3 N–H and O–H groups in total. The maximum atomic E-state index is 12.2. The second-order valence-electron chi connectivity index (χ2n) is 7.26. The molecular weight excluding hydrogens is 398 g/mol. The minimum Gasteiger partial charge on any atom is -0.469 e. The molecular formula is C19H34N2O5P2. The van der Waals surface area contributed by atoms with Gasteiger partial charge in [-0.15, -0.1) is 17.9 Å². The molecule has 9 heteroatoms. The molecule has 1 aliphatic carbocycles. The molecule has 6 unspecified atom stereocenters. The van der Waals surface area contributed by atoms with Crippen LogP contribution in [0.4, 0.5) is 0 Å². The molecule has 2 rings (SSSR count). The van der Waals surface area contributed by atoms with Crippen LogP contribution < -0.4 is 5.73 Å². The Morgan fingerprint density at radius 3 is 2.50 bits per heavy atom. The number of methoxy groups -OCH3 is 1. The molecule has 160 valence electrons. The molecule has 0 aromatic heterocycles. The number of β-amino-alcohol motifs (C(OH)–C–C–N with tert-alkyl or cyclic N) is 1. The first-order chi connectivity index (χ1) is 13.4. The Kier molecular flexibility index (Phi) is 11.8. The third-order valence-electron chi connectivity index (χ3n) is 5.17. The van der Waals surface area contributed by atoms with Crippen LogP contribution in [0.25, 0.3) is 0 Å². The van der Waals surface area contributed by atoms with Crippen molar-refractivity contribution in [2.45, 2.75) is 63.5 Å². The summed E-state index contributed by atoms with van der Waals surface area (Å²) in [6.07, 6.45) is 9.86. The number of carbonyl (C=O) groups excluding carboxylic acids is 3. The smallest absolute Gasteiger partial charge is 0.309 e. The molecule has 0 radical (unpaired) electrons. The maximum Gasteiger partial charge on any atom is 0.309 e. The zero-order chi connectivity index (χ0) is 21.1. The fourth-order valence-corrected chi connectivity index (χ4v) is 3.52. The van der Waals surface area contributed by atoms with E-state index in [0.29, 0.717) is 12.3 Å². The summed E-state index contributed by atoms with van der Waals surface area (Å²) < 4.78 is 4.71. The highest BCUT2D eigenvalue weighted by atomic mass is 32.0. The van der Waals surface area contributed by atoms with Crippen LogP contribution in [0.15, 0.2) is 12.2 Å². The minimum atomic E-state index is -0.668. The van der Waals surface area contributed by atoms with Crippen molar-refractivity contribution in [3.05, 3.63) is 12.2 Å². The van der Waals surface area contributed by atoms with Crippen LogP contribution in [0.5, 0.6) is 0 Å². The van der Waals surface area contributed by atoms with Crippen molar-refractivity contribution in [3.8, 4) is 0 Å². The predicted octanol–water partition coefficient (Wildman–Crippen LogP) is 1.79. The molecule has 1 heterocycles. The lowest BCUT2D eigenvalue weighted by Crippen LogP contribution is -2.43. The Morgan fingerprint density at radius 2 is 1.86 bits per heavy atom. The third kappa shape index (κ3) is 8.14. The molecule has 1 aliphatic heterocycles. The molecule has 6 atom stereocenters. The quantitative estimate of drug-likeness (QED) is 0.237. The highest BCUT2D eigenvalue weighted by Gasteiger charge is 2.41. The lowest BCUT2D eigenvalue weighted by Gasteiger charge is -2.21. The second kappa shape index (κ2) is 13.2. The average Bonchev–Trinajstić information content (AvgIpc) is 3.35. The minimum absolute atomic E-state index is 0.0515. The number of aliphatic hydroxyl groups is 1. The normalized spacial score (nSPS) is 25.9. The Morgan fingerprint density at radius 1 is 1.18 bits per heavy atom. The van der Waals surface area contributed by atoms with E-state index in [2.05, 4.69) is 30.0 Å². The Hall–Kier alpha value is -1.03. The van der Waals surface area contributed by atoms with Gasteiger partial charge < -0.3 is 20.5 Å². The zero-order valence-electron chi connectivity index (χ0n) is 16.6. The van der Waals surface area contributed by atoms with Gasteiger partial charge in [0.05, 0.1) is 19.1 Å². The summed E-state index contributed by atoms with van der Waals surface area (Å²) in [4.78, 5) is 36.3. The van der Waals surface area contributed by atoms with Crippen LogP contribution in [0.2, 0.25) is 0 Å². The number of esters is 1. The molecule has 0 spiro atoms. The molecule has 28 heavy (non-hydrogen) atoms. The molecule has 0 aromatic rings. The first kappa shape index (κ1) is 25.0. The number of rotatable bonds is 10. The summed E-state index contributed by atoms with van der Waals surface area (Å²) in [5.74, 6) is -0.377. The average molecular weight is 432 g/mol. The number of aliphatic hydroxyl groups excluding tert-OH is 1. The van der Waals surface area contributed by atoms with Gasteiger partial charge in [-0.25, -0.2) is 0 Å². The van der Waals surface area contributed by atoms with Crippen LogP contribution in [0.1, 0.15) is 51.4 Å². The first-order valence-corrected chi connectivity index (χ1v) is 12.5. The highest BCUT2D eigenvalue weighted by Crippen LogP contribution is 2.40. The van der Waals surface area contributed by atoms with Gasteiger partial charge in [0.1, 0.15) is 6.04 Å². The van der Waals surface area contributed by atoms with Gasteiger partial charge in [0, 0.05) is 19.4 Å². The van der Waals surface area contributed by atoms with E-state index in [1.54, 1.807) is 0 Å². The number of hydrogen-bond donors (Lipinski definition) is 2. The molecule has 2 amide bonds. The van der Waals surface area contributed by atoms with E-state index in [1.807, 2.05) is 0 Å². The van der Waals surface area contributed by atoms with Crippen molar-refractivity contribution in [3.63, 3.8) is 0 Å². The summed E-state index contributed by atoms with van der Waals surface area (Å²) in [5.41, 5.74) is 5.29. The van der Waals surface area contributed by atoms with Crippen LogP contribution in [0, 0.1) is 11.8 Å². The van der Waals surface area contributed by atoms with Crippen molar-refractivity contribution in [1.29, 1.82) is 0 Å². The third-order valence-corrected chi connectivity index (χ3v) is 5.17. The van der Waals surface area contributed by atoms with Crippen molar-refractivity contribution >= 4 is 35.6 Å². The number of nitrogens with two attached hydrogens (primary N) is 1. The zero-order valence-corrected chi connectivity index (χ0v) is 18.9. The van der Waals surface area contributed by atoms with Crippen LogP contribution in [-0.4, -0.2) is 53.6 Å². The molecule has 0 bridgehead atoms. The largest absolute Gasteiger partial charge is 0.469 e. The number of ether oxygens (including phenoxy) is 1. The Balaban J connectivity index is 0.00000190. The maximum absolute atomic E-state index is 12.2. The number of likely N-dealkylation sites (tertiary alicyclic amines) is 1. The van der Waals surface area contributed by atoms with Crippen molar-refractivity contribution < 1.29 is 24.2 Å². The molecule has 2 aliphatic rings. The van der Waals surface area contributed by atoms with Gasteiger partial charge in [-0.2, -0.15) is 0 Å². The fraction of sp³-hybridized carbons (Fsp3) is 0.737. The van der Waals surface area contributed by atoms with Crippen LogP contribution in [0.3, 0.4) is 0 Å². The molecule has 0 aromatic carbocycles.